The quantitative estimate of drug-likeness (QED) is 0.909. The second-order valence-electron chi connectivity index (χ2n) is 7.21. The molecule has 2 aliphatic rings. The summed E-state index contributed by atoms with van der Waals surface area (Å²) in [5, 5.41) is 4.26. The first kappa shape index (κ1) is 15.4. The number of nitrogens with two attached hydrogens (primary N) is 1. The zero-order valence-electron chi connectivity index (χ0n) is 13.0. The van der Waals surface area contributed by atoms with Gasteiger partial charge in [-0.3, -0.25) is 4.79 Å². The van der Waals surface area contributed by atoms with Crippen molar-refractivity contribution in [2.24, 2.45) is 21.9 Å². The van der Waals surface area contributed by atoms with E-state index < -0.39 is 26.1 Å². The van der Waals surface area contributed by atoms with E-state index in [-0.39, 0.29) is 11.7 Å². The number of carbonyl (C=O) groups excluding carboxylic acids is 1. The molecule has 0 saturated heterocycles. The highest BCUT2D eigenvalue weighted by Crippen LogP contribution is 2.67. The highest BCUT2D eigenvalue weighted by molar-refractivity contribution is 7.90. The Labute approximate surface area is 131 Å². The third-order valence-corrected chi connectivity index (χ3v) is 6.96. The predicted molar refractivity (Wildman–Crippen MR) is 86.3 cm³/mol. The monoisotopic (exact) mass is 319 g/mol. The van der Waals surface area contributed by atoms with Crippen LogP contribution < -0.4 is 5.14 Å². The normalized spacial score (nSPS) is 35.3. The van der Waals surface area contributed by atoms with Crippen LogP contribution in [-0.4, -0.2) is 19.5 Å². The zero-order valence-corrected chi connectivity index (χ0v) is 13.9. The van der Waals surface area contributed by atoms with E-state index in [1.54, 1.807) is 0 Å². The molecule has 0 radical (unpaired) electrons. The van der Waals surface area contributed by atoms with Crippen LogP contribution in [0.3, 0.4) is 0 Å². The van der Waals surface area contributed by atoms with Crippen LogP contribution in [0.2, 0.25) is 0 Å². The third-order valence-electron chi connectivity index (χ3n) is 5.77. The molecule has 0 heterocycles. The number of primary sulfonamides is 1. The number of benzene rings is 1. The number of rotatable bonds is 2. The van der Waals surface area contributed by atoms with Crippen LogP contribution in [0.5, 0.6) is 0 Å². The van der Waals surface area contributed by atoms with Crippen LogP contribution in [0.25, 0.3) is 6.08 Å². The average molecular weight is 319 g/mol. The summed E-state index contributed by atoms with van der Waals surface area (Å²) in [5.41, 5.74) is 0.944. The van der Waals surface area contributed by atoms with Gasteiger partial charge in [0.15, 0.2) is 5.78 Å². The van der Waals surface area contributed by atoms with Crippen molar-refractivity contribution in [1.82, 2.24) is 0 Å². The summed E-state index contributed by atoms with van der Waals surface area (Å²) in [6.07, 6.45) is 2.62. The van der Waals surface area contributed by atoms with Crippen molar-refractivity contribution in [3.05, 3.63) is 41.5 Å². The standard InChI is InChI=1S/C17H21NO3S/c1-16(2)13-12(9-11-7-5-4-6-8-11)10-17(16,3)15(19)14(13)22(18,20)21/h4-9,13-14H,10H2,1-3H3,(H2,18,20,21)/b12-9-. The predicted octanol–water partition coefficient (Wildman–Crippen LogP) is 2.36. The van der Waals surface area contributed by atoms with Gasteiger partial charge in [0.25, 0.3) is 0 Å². The second-order valence-corrected chi connectivity index (χ2v) is 8.90. The Balaban J connectivity index is 2.15. The summed E-state index contributed by atoms with van der Waals surface area (Å²) in [6, 6.07) is 9.76. The molecule has 2 fully saturated rings. The number of Topliss-reactive ketones (excluding diaryl/α,β-unsaturated/α-hetero) is 1. The first-order chi connectivity index (χ1) is 10.1. The van der Waals surface area contributed by atoms with Crippen molar-refractivity contribution in [2.75, 3.05) is 0 Å². The van der Waals surface area contributed by atoms with Gasteiger partial charge in [-0.05, 0) is 17.4 Å². The van der Waals surface area contributed by atoms with Gasteiger partial charge in [-0.25, -0.2) is 13.6 Å². The van der Waals surface area contributed by atoms with E-state index in [2.05, 4.69) is 0 Å². The van der Waals surface area contributed by atoms with Gasteiger partial charge >= 0.3 is 0 Å². The molecule has 2 saturated carbocycles. The Bertz CT molecular complexity index is 764. The third kappa shape index (κ3) is 1.92. The van der Waals surface area contributed by atoms with E-state index in [1.807, 2.05) is 57.2 Å². The van der Waals surface area contributed by atoms with E-state index in [0.29, 0.717) is 6.42 Å². The molecule has 2 bridgehead atoms. The minimum atomic E-state index is -3.91. The Kier molecular flexibility index (Phi) is 3.17. The average Bonchev–Trinajstić information content (AvgIpc) is 2.68. The van der Waals surface area contributed by atoms with Crippen LogP contribution >= 0.6 is 0 Å². The highest BCUT2D eigenvalue weighted by Gasteiger charge is 2.70. The van der Waals surface area contributed by atoms with Crippen LogP contribution in [0.1, 0.15) is 32.8 Å². The molecule has 22 heavy (non-hydrogen) atoms. The zero-order chi connectivity index (χ0) is 16.3. The second kappa shape index (κ2) is 4.52. The van der Waals surface area contributed by atoms with E-state index in [4.69, 9.17) is 5.14 Å². The first-order valence-corrected chi connectivity index (χ1v) is 9.01. The summed E-state index contributed by atoms with van der Waals surface area (Å²) in [7, 11) is -3.91. The van der Waals surface area contributed by atoms with Gasteiger partial charge in [0.05, 0.1) is 0 Å². The topological polar surface area (TPSA) is 77.2 Å². The number of sulfonamides is 1. The molecular weight excluding hydrogens is 298 g/mol. The molecule has 2 N–H and O–H groups in total. The van der Waals surface area contributed by atoms with Gasteiger partial charge in [0.1, 0.15) is 5.25 Å². The molecule has 0 aromatic heterocycles. The van der Waals surface area contributed by atoms with Gasteiger partial charge in [0.2, 0.25) is 10.0 Å². The summed E-state index contributed by atoms with van der Waals surface area (Å²) in [4.78, 5) is 12.7. The molecule has 0 amide bonds. The SMILES string of the molecule is CC12C/C(=C/c3ccccc3)C(C(S(N)(=O)=O)C1=O)C2(C)C. The number of allylic oxidation sites excluding steroid dienone is 1. The number of hydrogen-bond donors (Lipinski definition) is 1. The Hall–Kier alpha value is -1.46. The molecule has 118 valence electrons. The maximum Gasteiger partial charge on any atom is 0.219 e. The van der Waals surface area contributed by atoms with Gasteiger partial charge in [-0.1, -0.05) is 62.8 Å². The van der Waals surface area contributed by atoms with Crippen LogP contribution in [0, 0.1) is 16.7 Å². The fraction of sp³-hybridized carbons (Fsp3) is 0.471. The van der Waals surface area contributed by atoms with Crippen molar-refractivity contribution >= 4 is 21.9 Å². The lowest BCUT2D eigenvalue weighted by Crippen LogP contribution is -2.43. The van der Waals surface area contributed by atoms with Gasteiger partial charge in [-0.2, -0.15) is 0 Å². The Morgan fingerprint density at radius 1 is 1.18 bits per heavy atom. The molecule has 5 heteroatoms. The Morgan fingerprint density at radius 2 is 1.77 bits per heavy atom. The van der Waals surface area contributed by atoms with Crippen molar-refractivity contribution in [2.45, 2.75) is 32.4 Å². The summed E-state index contributed by atoms with van der Waals surface area (Å²) >= 11 is 0. The molecule has 3 rings (SSSR count). The number of fused-ring (bicyclic) bond motifs is 2. The smallest absolute Gasteiger partial charge is 0.219 e. The van der Waals surface area contributed by atoms with Crippen LogP contribution in [0.4, 0.5) is 0 Å². The molecule has 3 unspecified atom stereocenters. The summed E-state index contributed by atoms with van der Waals surface area (Å²) < 4.78 is 24.0. The maximum absolute atomic E-state index is 12.7. The summed E-state index contributed by atoms with van der Waals surface area (Å²) in [5.74, 6) is -0.574. The largest absolute Gasteiger partial charge is 0.298 e. The van der Waals surface area contributed by atoms with Gasteiger partial charge in [-0.15, -0.1) is 0 Å². The molecule has 0 aliphatic heterocycles. The van der Waals surface area contributed by atoms with E-state index in [9.17, 15) is 13.2 Å². The fourth-order valence-corrected chi connectivity index (χ4v) is 5.69. The van der Waals surface area contributed by atoms with Crippen molar-refractivity contribution < 1.29 is 13.2 Å². The van der Waals surface area contributed by atoms with Gasteiger partial charge in [0, 0.05) is 11.3 Å². The van der Waals surface area contributed by atoms with E-state index >= 15 is 0 Å². The molecule has 3 atom stereocenters. The lowest BCUT2D eigenvalue weighted by atomic mass is 9.70. The van der Waals surface area contributed by atoms with Gasteiger partial charge < -0.3 is 0 Å². The molecule has 4 nitrogen and oxygen atoms in total. The van der Waals surface area contributed by atoms with Crippen LogP contribution in [0.15, 0.2) is 35.9 Å². The molecular formula is C17H21NO3S. The molecule has 2 aliphatic carbocycles. The minimum Gasteiger partial charge on any atom is -0.298 e. The van der Waals surface area contributed by atoms with E-state index in [0.717, 1.165) is 11.1 Å². The van der Waals surface area contributed by atoms with E-state index in [1.165, 1.54) is 0 Å². The van der Waals surface area contributed by atoms with Crippen molar-refractivity contribution in [1.29, 1.82) is 0 Å². The number of hydrogen-bond acceptors (Lipinski definition) is 3. The molecule has 0 spiro atoms. The molecule has 1 aromatic carbocycles. The maximum atomic E-state index is 12.7. The molecule has 1 aromatic rings. The minimum absolute atomic E-state index is 0.227. The lowest BCUT2D eigenvalue weighted by molar-refractivity contribution is -0.127. The fourth-order valence-electron chi connectivity index (χ4n) is 4.24. The first-order valence-electron chi connectivity index (χ1n) is 7.40. The number of carbonyl (C=O) groups is 1. The van der Waals surface area contributed by atoms with Crippen molar-refractivity contribution in [3.8, 4) is 0 Å². The Morgan fingerprint density at radius 3 is 2.27 bits per heavy atom. The lowest BCUT2D eigenvalue weighted by Gasteiger charge is -2.31. The number of ketones is 1. The van der Waals surface area contributed by atoms with Crippen LogP contribution in [-0.2, 0) is 14.8 Å². The van der Waals surface area contributed by atoms with Crippen molar-refractivity contribution in [3.63, 3.8) is 0 Å². The summed E-state index contributed by atoms with van der Waals surface area (Å²) in [6.45, 7) is 5.83. The highest BCUT2D eigenvalue weighted by atomic mass is 32.2.